The first-order chi connectivity index (χ1) is 11.8. The third kappa shape index (κ3) is 4.25. The second kappa shape index (κ2) is 7.95. The van der Waals surface area contributed by atoms with Crippen molar-refractivity contribution in [3.8, 4) is 6.07 Å². The Balaban J connectivity index is 2.04. The molecule has 0 amide bonds. The molecule has 0 aliphatic heterocycles. The highest BCUT2D eigenvalue weighted by Gasteiger charge is 2.15. The van der Waals surface area contributed by atoms with Crippen LogP contribution in [0.1, 0.15) is 34.4 Å². The molecule has 0 atom stereocenters. The van der Waals surface area contributed by atoms with E-state index in [0.29, 0.717) is 17.7 Å². The summed E-state index contributed by atoms with van der Waals surface area (Å²) in [7, 11) is 0. The van der Waals surface area contributed by atoms with Crippen LogP contribution < -0.4 is 5.56 Å². The number of carbonyl (C=O) groups is 1. The molecule has 0 spiro atoms. The van der Waals surface area contributed by atoms with Gasteiger partial charge in [-0.2, -0.15) is 5.26 Å². The van der Waals surface area contributed by atoms with Crippen molar-refractivity contribution in [2.75, 3.05) is 0 Å². The summed E-state index contributed by atoms with van der Waals surface area (Å²) in [6.07, 6.45) is 0.331. The van der Waals surface area contributed by atoms with E-state index < -0.39 is 17.3 Å². The minimum absolute atomic E-state index is 0.0324. The van der Waals surface area contributed by atoms with E-state index in [1.165, 1.54) is 18.2 Å². The highest BCUT2D eigenvalue weighted by Crippen LogP contribution is 2.20. The molecule has 2 rings (SSSR count). The molecule has 0 fully saturated rings. The number of nitrogens with zero attached hydrogens (tertiary/aromatic N) is 1. The number of benzene rings is 1. The maximum absolute atomic E-state index is 13.6. The molecule has 0 aliphatic rings. The average Bonchev–Trinajstić information content (AvgIpc) is 2.54. The molecule has 130 valence electrons. The van der Waals surface area contributed by atoms with Gasteiger partial charge in [0.15, 0.2) is 0 Å². The first kappa shape index (κ1) is 18.7. The number of hydrogen-bond acceptors (Lipinski definition) is 4. The number of rotatable bonds is 5. The summed E-state index contributed by atoms with van der Waals surface area (Å²) in [5.74, 6) is -1.06. The Hall–Kier alpha value is -2.65. The number of esters is 1. The van der Waals surface area contributed by atoms with Crippen LogP contribution in [-0.2, 0) is 22.6 Å². The van der Waals surface area contributed by atoms with E-state index in [9.17, 15) is 14.0 Å². The summed E-state index contributed by atoms with van der Waals surface area (Å²) in [5, 5.41) is 9.24. The number of H-pyrrole nitrogens is 1. The first-order valence-corrected chi connectivity index (χ1v) is 7.94. The van der Waals surface area contributed by atoms with Crippen molar-refractivity contribution in [2.45, 2.75) is 33.3 Å². The second-order valence-electron chi connectivity index (χ2n) is 5.53. The van der Waals surface area contributed by atoms with E-state index in [-0.39, 0.29) is 29.2 Å². The predicted molar refractivity (Wildman–Crippen MR) is 90.8 cm³/mol. The molecule has 0 unspecified atom stereocenters. The predicted octanol–water partition coefficient (Wildman–Crippen LogP) is 3.33. The molecule has 1 aromatic carbocycles. The Kier molecular flexibility index (Phi) is 5.94. The van der Waals surface area contributed by atoms with E-state index in [4.69, 9.17) is 21.6 Å². The Labute approximate surface area is 149 Å². The molecule has 1 heterocycles. The number of ether oxygens (including phenoxy) is 1. The fourth-order valence-electron chi connectivity index (χ4n) is 2.54. The zero-order valence-corrected chi connectivity index (χ0v) is 14.5. The SMILES string of the molecule is Cc1[nH]c(=O)c(C#N)c(C)c1CCC(=O)OCc1c(F)cccc1Cl. The molecule has 1 aromatic heterocycles. The molecule has 0 bridgehead atoms. The number of halogens is 2. The third-order valence-electron chi connectivity index (χ3n) is 3.94. The van der Waals surface area contributed by atoms with Crippen LogP contribution in [0.3, 0.4) is 0 Å². The normalized spacial score (nSPS) is 10.4. The highest BCUT2D eigenvalue weighted by molar-refractivity contribution is 6.31. The van der Waals surface area contributed by atoms with Gasteiger partial charge in [-0.25, -0.2) is 4.39 Å². The molecule has 7 heteroatoms. The Morgan fingerprint density at radius 2 is 2.08 bits per heavy atom. The molecular weight excluding hydrogens is 347 g/mol. The van der Waals surface area contributed by atoms with Crippen molar-refractivity contribution in [3.05, 3.63) is 67.3 Å². The van der Waals surface area contributed by atoms with Crippen LogP contribution in [0.25, 0.3) is 0 Å². The number of nitrogens with one attached hydrogen (secondary N) is 1. The lowest BCUT2D eigenvalue weighted by molar-refractivity contribution is -0.144. The van der Waals surface area contributed by atoms with Crippen LogP contribution in [0.15, 0.2) is 23.0 Å². The van der Waals surface area contributed by atoms with Crippen LogP contribution in [-0.4, -0.2) is 11.0 Å². The summed E-state index contributed by atoms with van der Waals surface area (Å²) >= 11 is 5.88. The molecule has 25 heavy (non-hydrogen) atoms. The minimum Gasteiger partial charge on any atom is -0.461 e. The van der Waals surface area contributed by atoms with Crippen LogP contribution in [0, 0.1) is 31.0 Å². The summed E-state index contributed by atoms with van der Waals surface area (Å²) in [6.45, 7) is 3.12. The van der Waals surface area contributed by atoms with Crippen molar-refractivity contribution >= 4 is 17.6 Å². The smallest absolute Gasteiger partial charge is 0.306 e. The minimum atomic E-state index is -0.536. The molecule has 2 aromatic rings. The maximum Gasteiger partial charge on any atom is 0.306 e. The summed E-state index contributed by atoms with van der Waals surface area (Å²) in [4.78, 5) is 26.2. The van der Waals surface area contributed by atoms with Gasteiger partial charge in [-0.3, -0.25) is 9.59 Å². The van der Waals surface area contributed by atoms with Gasteiger partial charge >= 0.3 is 5.97 Å². The lowest BCUT2D eigenvalue weighted by Gasteiger charge is -2.11. The maximum atomic E-state index is 13.6. The summed E-state index contributed by atoms with van der Waals surface area (Å²) in [6, 6.07) is 6.09. The van der Waals surface area contributed by atoms with Gasteiger partial charge in [-0.1, -0.05) is 17.7 Å². The van der Waals surface area contributed by atoms with Gasteiger partial charge in [0.1, 0.15) is 24.1 Å². The number of aromatic nitrogens is 1. The molecule has 0 aliphatic carbocycles. The van der Waals surface area contributed by atoms with Gasteiger partial charge in [-0.05, 0) is 43.5 Å². The fraction of sp³-hybridized carbons (Fsp3) is 0.278. The topological polar surface area (TPSA) is 83.0 Å². The van der Waals surface area contributed by atoms with Gasteiger partial charge in [-0.15, -0.1) is 0 Å². The Bertz CT molecular complexity index is 896. The monoisotopic (exact) mass is 362 g/mol. The average molecular weight is 363 g/mol. The number of aromatic amines is 1. The number of nitriles is 1. The number of hydrogen-bond donors (Lipinski definition) is 1. The summed E-state index contributed by atoms with van der Waals surface area (Å²) < 4.78 is 18.7. The van der Waals surface area contributed by atoms with E-state index in [0.717, 1.165) is 5.56 Å². The van der Waals surface area contributed by atoms with Gasteiger partial charge in [0.05, 0.1) is 5.02 Å². The fourth-order valence-corrected chi connectivity index (χ4v) is 2.76. The van der Waals surface area contributed by atoms with Crippen LogP contribution in [0.4, 0.5) is 4.39 Å². The Morgan fingerprint density at radius 3 is 2.72 bits per heavy atom. The molecule has 1 N–H and O–H groups in total. The standard InChI is InChI=1S/C18H16ClFN2O3/c1-10-12(11(2)22-18(24)13(10)8-21)6-7-17(23)25-9-14-15(19)4-3-5-16(14)20/h3-5H,6-7,9H2,1-2H3,(H,22,24). The van der Waals surface area contributed by atoms with Crippen molar-refractivity contribution in [1.29, 1.82) is 5.26 Å². The van der Waals surface area contributed by atoms with Gasteiger partial charge < -0.3 is 9.72 Å². The lowest BCUT2D eigenvalue weighted by Crippen LogP contribution is -2.17. The quantitative estimate of drug-likeness (QED) is 0.827. The van der Waals surface area contributed by atoms with E-state index in [1.54, 1.807) is 13.8 Å². The molecule has 0 saturated carbocycles. The Morgan fingerprint density at radius 1 is 1.36 bits per heavy atom. The van der Waals surface area contributed by atoms with Gasteiger partial charge in [0.2, 0.25) is 0 Å². The van der Waals surface area contributed by atoms with Gasteiger partial charge in [0, 0.05) is 17.7 Å². The van der Waals surface area contributed by atoms with Crippen molar-refractivity contribution in [2.24, 2.45) is 0 Å². The number of aryl methyl sites for hydroxylation is 1. The highest BCUT2D eigenvalue weighted by atomic mass is 35.5. The van der Waals surface area contributed by atoms with Gasteiger partial charge in [0.25, 0.3) is 5.56 Å². The van der Waals surface area contributed by atoms with Crippen molar-refractivity contribution < 1.29 is 13.9 Å². The molecule has 5 nitrogen and oxygen atoms in total. The van der Waals surface area contributed by atoms with E-state index in [1.807, 2.05) is 6.07 Å². The van der Waals surface area contributed by atoms with Crippen LogP contribution in [0.2, 0.25) is 5.02 Å². The zero-order chi connectivity index (χ0) is 18.6. The van der Waals surface area contributed by atoms with Crippen molar-refractivity contribution in [1.82, 2.24) is 4.98 Å². The zero-order valence-electron chi connectivity index (χ0n) is 13.8. The third-order valence-corrected chi connectivity index (χ3v) is 4.29. The number of carbonyl (C=O) groups excluding carboxylic acids is 1. The summed E-state index contributed by atoms with van der Waals surface area (Å²) in [5.41, 5.74) is 1.59. The van der Waals surface area contributed by atoms with Crippen molar-refractivity contribution in [3.63, 3.8) is 0 Å². The first-order valence-electron chi connectivity index (χ1n) is 7.56. The van der Waals surface area contributed by atoms with E-state index in [2.05, 4.69) is 4.98 Å². The van der Waals surface area contributed by atoms with E-state index >= 15 is 0 Å². The lowest BCUT2D eigenvalue weighted by atomic mass is 9.99. The van der Waals surface area contributed by atoms with Crippen LogP contribution >= 0.6 is 11.6 Å². The molecular formula is C18H16ClFN2O3. The molecule has 0 saturated heterocycles. The van der Waals surface area contributed by atoms with Crippen LogP contribution in [0.5, 0.6) is 0 Å². The number of pyridine rings is 1. The second-order valence-corrected chi connectivity index (χ2v) is 5.94. The molecule has 0 radical (unpaired) electrons. The largest absolute Gasteiger partial charge is 0.461 e.